The molecule has 0 aliphatic rings. The third-order valence-corrected chi connectivity index (χ3v) is 2.77. The Balaban J connectivity index is 2.48. The predicted octanol–water partition coefficient (Wildman–Crippen LogP) is 1.91. The number of aryl methyl sites for hydroxylation is 1. The van der Waals surface area contributed by atoms with E-state index in [4.69, 9.17) is 10.2 Å². The summed E-state index contributed by atoms with van der Waals surface area (Å²) < 4.78 is 5.37. The summed E-state index contributed by atoms with van der Waals surface area (Å²) in [4.78, 5) is 0. The Labute approximate surface area is 92.0 Å². The fourth-order valence-electron chi connectivity index (χ4n) is 1.67. The van der Waals surface area contributed by atoms with Crippen LogP contribution in [-0.2, 0) is 13.0 Å². The molecule has 0 bridgehead atoms. The van der Waals surface area contributed by atoms with Crippen molar-refractivity contribution < 1.29 is 4.42 Å². The van der Waals surface area contributed by atoms with Crippen molar-refractivity contribution in [1.82, 2.24) is 5.32 Å². The molecule has 3 nitrogen and oxygen atoms in total. The van der Waals surface area contributed by atoms with Crippen LogP contribution in [0.3, 0.4) is 0 Å². The van der Waals surface area contributed by atoms with Crippen LogP contribution in [0.4, 0.5) is 0 Å². The van der Waals surface area contributed by atoms with Gasteiger partial charge in [-0.3, -0.25) is 0 Å². The van der Waals surface area contributed by atoms with Gasteiger partial charge in [-0.05, 0) is 12.0 Å². The predicted molar refractivity (Wildman–Crippen MR) is 62.6 cm³/mol. The maximum atomic E-state index is 5.70. The Hall–Kier alpha value is -0.800. The average Bonchev–Trinajstić information content (AvgIpc) is 2.65. The second kappa shape index (κ2) is 5.93. The lowest BCUT2D eigenvalue weighted by Gasteiger charge is -2.20. The highest BCUT2D eigenvalue weighted by Gasteiger charge is 2.11. The molecular formula is C12H22N2O. The van der Waals surface area contributed by atoms with Crippen molar-refractivity contribution in [2.24, 2.45) is 11.7 Å². The molecule has 0 aliphatic heterocycles. The van der Waals surface area contributed by atoms with Crippen LogP contribution in [0.1, 0.15) is 32.1 Å². The van der Waals surface area contributed by atoms with Gasteiger partial charge in [0.15, 0.2) is 0 Å². The molecule has 3 N–H and O–H groups in total. The highest BCUT2D eigenvalue weighted by Crippen LogP contribution is 2.11. The van der Waals surface area contributed by atoms with E-state index in [-0.39, 0.29) is 0 Å². The Morgan fingerprint density at radius 2 is 2.20 bits per heavy atom. The number of furan rings is 1. The van der Waals surface area contributed by atoms with E-state index >= 15 is 0 Å². The third-order valence-electron chi connectivity index (χ3n) is 2.77. The van der Waals surface area contributed by atoms with Crippen LogP contribution in [0, 0.1) is 5.92 Å². The van der Waals surface area contributed by atoms with Gasteiger partial charge in [0.05, 0.1) is 6.26 Å². The van der Waals surface area contributed by atoms with Crippen LogP contribution in [0.2, 0.25) is 0 Å². The quantitative estimate of drug-likeness (QED) is 0.754. The summed E-state index contributed by atoms with van der Waals surface area (Å²) in [5, 5.41) is 3.46. The van der Waals surface area contributed by atoms with E-state index in [0.29, 0.717) is 18.5 Å². The summed E-state index contributed by atoms with van der Waals surface area (Å²) in [6, 6.07) is 2.41. The number of nitrogens with one attached hydrogen (secondary N) is 1. The normalized spacial score (nSPS) is 13.4. The molecule has 0 saturated heterocycles. The molecule has 0 saturated carbocycles. The molecule has 0 radical (unpaired) electrons. The first-order chi connectivity index (χ1) is 7.19. The Morgan fingerprint density at radius 3 is 2.73 bits per heavy atom. The first-order valence-corrected chi connectivity index (χ1v) is 5.67. The second-order valence-corrected chi connectivity index (χ2v) is 4.19. The summed E-state index contributed by atoms with van der Waals surface area (Å²) in [5.74, 6) is 1.63. The zero-order chi connectivity index (χ0) is 11.3. The molecule has 1 rings (SSSR count). The lowest BCUT2D eigenvalue weighted by Crippen LogP contribution is -2.39. The Kier molecular flexibility index (Phi) is 4.85. The first-order valence-electron chi connectivity index (χ1n) is 5.67. The van der Waals surface area contributed by atoms with Crippen molar-refractivity contribution in [1.29, 1.82) is 0 Å². The zero-order valence-corrected chi connectivity index (χ0v) is 9.92. The standard InChI is InChI=1S/C12H22N2O/c1-4-12-10(5-6-15-12)8-14-11(7-13)9(2)3/h5-6,9,11,14H,4,7-8,13H2,1-3H3. The molecule has 0 aliphatic carbocycles. The molecular weight excluding hydrogens is 188 g/mol. The van der Waals surface area contributed by atoms with Crippen LogP contribution in [0.5, 0.6) is 0 Å². The molecule has 1 atom stereocenters. The SMILES string of the molecule is CCc1occc1CNC(CN)C(C)C. The Morgan fingerprint density at radius 1 is 1.47 bits per heavy atom. The van der Waals surface area contributed by atoms with Crippen molar-refractivity contribution in [2.75, 3.05) is 6.54 Å². The fourth-order valence-corrected chi connectivity index (χ4v) is 1.67. The maximum absolute atomic E-state index is 5.70. The lowest BCUT2D eigenvalue weighted by atomic mass is 10.0. The minimum Gasteiger partial charge on any atom is -0.469 e. The molecule has 1 unspecified atom stereocenters. The fraction of sp³-hybridized carbons (Fsp3) is 0.667. The van der Waals surface area contributed by atoms with Gasteiger partial charge in [-0.1, -0.05) is 20.8 Å². The van der Waals surface area contributed by atoms with Crippen LogP contribution in [0.25, 0.3) is 0 Å². The van der Waals surface area contributed by atoms with E-state index in [0.717, 1.165) is 18.7 Å². The molecule has 86 valence electrons. The number of hydrogen-bond acceptors (Lipinski definition) is 3. The molecule has 1 aromatic heterocycles. The summed E-state index contributed by atoms with van der Waals surface area (Å²) in [6.07, 6.45) is 2.70. The van der Waals surface area contributed by atoms with Crippen molar-refractivity contribution >= 4 is 0 Å². The van der Waals surface area contributed by atoms with Gasteiger partial charge >= 0.3 is 0 Å². The average molecular weight is 210 g/mol. The second-order valence-electron chi connectivity index (χ2n) is 4.19. The smallest absolute Gasteiger partial charge is 0.107 e. The molecule has 3 heteroatoms. The van der Waals surface area contributed by atoms with Gasteiger partial charge in [-0.2, -0.15) is 0 Å². The number of hydrogen-bond donors (Lipinski definition) is 2. The van der Waals surface area contributed by atoms with Gasteiger partial charge in [0.25, 0.3) is 0 Å². The van der Waals surface area contributed by atoms with Crippen LogP contribution in [0.15, 0.2) is 16.7 Å². The monoisotopic (exact) mass is 210 g/mol. The number of nitrogens with two attached hydrogens (primary N) is 1. The first kappa shape index (κ1) is 12.3. The van der Waals surface area contributed by atoms with Gasteiger partial charge in [0, 0.05) is 31.1 Å². The van der Waals surface area contributed by atoms with Crippen LogP contribution in [-0.4, -0.2) is 12.6 Å². The summed E-state index contributed by atoms with van der Waals surface area (Å²) >= 11 is 0. The summed E-state index contributed by atoms with van der Waals surface area (Å²) in [6.45, 7) is 7.99. The van der Waals surface area contributed by atoms with E-state index in [2.05, 4.69) is 26.1 Å². The van der Waals surface area contributed by atoms with Crippen molar-refractivity contribution in [3.8, 4) is 0 Å². The lowest BCUT2D eigenvalue weighted by molar-refractivity contribution is 0.402. The largest absolute Gasteiger partial charge is 0.469 e. The minimum atomic E-state index is 0.379. The van der Waals surface area contributed by atoms with E-state index in [1.807, 2.05) is 6.07 Å². The van der Waals surface area contributed by atoms with Crippen LogP contribution >= 0.6 is 0 Å². The van der Waals surface area contributed by atoms with Crippen LogP contribution < -0.4 is 11.1 Å². The summed E-state index contributed by atoms with van der Waals surface area (Å²) in [5.41, 5.74) is 6.94. The van der Waals surface area contributed by atoms with Gasteiger partial charge in [-0.15, -0.1) is 0 Å². The molecule has 1 heterocycles. The maximum Gasteiger partial charge on any atom is 0.107 e. The van der Waals surface area contributed by atoms with Gasteiger partial charge in [-0.25, -0.2) is 0 Å². The van der Waals surface area contributed by atoms with E-state index < -0.39 is 0 Å². The van der Waals surface area contributed by atoms with Crippen molar-refractivity contribution in [3.63, 3.8) is 0 Å². The van der Waals surface area contributed by atoms with E-state index in [1.54, 1.807) is 6.26 Å². The van der Waals surface area contributed by atoms with Gasteiger partial charge in [0.1, 0.15) is 5.76 Å². The molecule has 15 heavy (non-hydrogen) atoms. The van der Waals surface area contributed by atoms with Gasteiger partial charge in [0.2, 0.25) is 0 Å². The topological polar surface area (TPSA) is 51.2 Å². The molecule has 1 aromatic rings. The molecule has 0 aromatic carbocycles. The number of rotatable bonds is 6. The zero-order valence-electron chi connectivity index (χ0n) is 9.92. The molecule has 0 fully saturated rings. The van der Waals surface area contributed by atoms with E-state index in [9.17, 15) is 0 Å². The van der Waals surface area contributed by atoms with E-state index in [1.165, 1.54) is 5.56 Å². The highest BCUT2D eigenvalue weighted by atomic mass is 16.3. The third kappa shape index (κ3) is 3.36. The summed E-state index contributed by atoms with van der Waals surface area (Å²) in [7, 11) is 0. The molecule has 0 amide bonds. The van der Waals surface area contributed by atoms with Crippen molar-refractivity contribution in [3.05, 3.63) is 23.7 Å². The molecule has 0 spiro atoms. The van der Waals surface area contributed by atoms with Gasteiger partial charge < -0.3 is 15.5 Å². The Bertz CT molecular complexity index is 281. The highest BCUT2D eigenvalue weighted by molar-refractivity contribution is 5.16. The minimum absolute atomic E-state index is 0.379. The van der Waals surface area contributed by atoms with Crippen molar-refractivity contribution in [2.45, 2.75) is 39.8 Å².